The summed E-state index contributed by atoms with van der Waals surface area (Å²) in [6, 6.07) is 7.92. The average Bonchev–Trinajstić information content (AvgIpc) is 3.29. The third kappa shape index (κ3) is 2.65. The number of hydrogen-bond donors (Lipinski definition) is 0. The van der Waals surface area contributed by atoms with Crippen LogP contribution in [0.15, 0.2) is 55.2 Å². The van der Waals surface area contributed by atoms with Crippen molar-refractivity contribution in [3.05, 3.63) is 55.2 Å². The normalized spacial score (nSPS) is 11.1. The Morgan fingerprint density at radius 2 is 1.84 bits per heavy atom. The van der Waals surface area contributed by atoms with Gasteiger partial charge in [-0.2, -0.15) is 0 Å². The van der Waals surface area contributed by atoms with Gasteiger partial charge in [0.1, 0.15) is 5.75 Å². The SMILES string of the molecule is CCCn1ccnc1-c1nccn1-c1cc(OC)cc2cccnc12. The number of fused-ring (bicyclic) bond motifs is 1. The summed E-state index contributed by atoms with van der Waals surface area (Å²) >= 11 is 0. The van der Waals surface area contributed by atoms with E-state index >= 15 is 0 Å². The number of hydrogen-bond acceptors (Lipinski definition) is 4. The van der Waals surface area contributed by atoms with E-state index in [0.29, 0.717) is 0 Å². The fourth-order valence-electron chi connectivity index (χ4n) is 3.05. The van der Waals surface area contributed by atoms with Crippen molar-refractivity contribution in [2.45, 2.75) is 19.9 Å². The van der Waals surface area contributed by atoms with Gasteiger partial charge in [0.15, 0.2) is 11.6 Å². The van der Waals surface area contributed by atoms with Crippen molar-refractivity contribution in [1.82, 2.24) is 24.1 Å². The van der Waals surface area contributed by atoms with E-state index in [0.717, 1.165) is 47.0 Å². The number of imidazole rings is 2. The van der Waals surface area contributed by atoms with Crippen molar-refractivity contribution < 1.29 is 4.74 Å². The van der Waals surface area contributed by atoms with Gasteiger partial charge in [0.05, 0.1) is 18.3 Å². The fourth-order valence-corrected chi connectivity index (χ4v) is 3.05. The molecule has 0 fully saturated rings. The molecule has 6 nitrogen and oxygen atoms in total. The number of ether oxygens (including phenoxy) is 1. The van der Waals surface area contributed by atoms with Gasteiger partial charge < -0.3 is 9.30 Å². The minimum Gasteiger partial charge on any atom is -0.497 e. The number of nitrogens with zero attached hydrogens (tertiary/aromatic N) is 5. The summed E-state index contributed by atoms with van der Waals surface area (Å²) in [5.74, 6) is 2.42. The second-order valence-corrected chi connectivity index (χ2v) is 5.79. The molecular formula is C19H19N5O. The summed E-state index contributed by atoms with van der Waals surface area (Å²) in [5.41, 5.74) is 1.82. The Balaban J connectivity index is 1.94. The van der Waals surface area contributed by atoms with Crippen molar-refractivity contribution >= 4 is 10.9 Å². The zero-order chi connectivity index (χ0) is 17.2. The Morgan fingerprint density at radius 1 is 1.00 bits per heavy atom. The Hall–Kier alpha value is -3.15. The van der Waals surface area contributed by atoms with Crippen molar-refractivity contribution in [3.63, 3.8) is 0 Å². The minimum absolute atomic E-state index is 0.784. The molecule has 6 heteroatoms. The molecule has 0 amide bonds. The maximum absolute atomic E-state index is 5.47. The predicted molar refractivity (Wildman–Crippen MR) is 96.9 cm³/mol. The fraction of sp³-hybridized carbons (Fsp3) is 0.211. The minimum atomic E-state index is 0.784. The van der Waals surface area contributed by atoms with Crippen LogP contribution < -0.4 is 4.74 Å². The zero-order valence-electron chi connectivity index (χ0n) is 14.3. The van der Waals surface area contributed by atoms with Crippen molar-refractivity contribution in [2.75, 3.05) is 7.11 Å². The Bertz CT molecular complexity index is 1020. The van der Waals surface area contributed by atoms with Crippen LogP contribution in [0.25, 0.3) is 28.2 Å². The summed E-state index contributed by atoms with van der Waals surface area (Å²) in [5, 5.41) is 1.02. The first kappa shape index (κ1) is 15.4. The molecule has 4 rings (SSSR count). The highest BCUT2D eigenvalue weighted by atomic mass is 16.5. The second kappa shape index (κ2) is 6.39. The summed E-state index contributed by atoms with van der Waals surface area (Å²) in [6.07, 6.45) is 10.4. The van der Waals surface area contributed by atoms with E-state index in [2.05, 4.69) is 26.4 Å². The highest BCUT2D eigenvalue weighted by Gasteiger charge is 2.16. The van der Waals surface area contributed by atoms with Crippen LogP contribution in [0.3, 0.4) is 0 Å². The molecule has 4 aromatic rings. The lowest BCUT2D eigenvalue weighted by atomic mass is 10.1. The van der Waals surface area contributed by atoms with Gasteiger partial charge in [0.25, 0.3) is 0 Å². The standard InChI is InChI=1S/C19H19N5O/c1-3-9-23-10-7-21-18(23)19-22-8-11-24(19)16-13-15(25-2)12-14-5-4-6-20-17(14)16/h4-8,10-13H,3,9H2,1-2H3. The maximum atomic E-state index is 5.47. The Kier molecular flexibility index (Phi) is 3.93. The highest BCUT2D eigenvalue weighted by Crippen LogP contribution is 2.29. The molecule has 0 spiro atoms. The quantitative estimate of drug-likeness (QED) is 0.559. The molecule has 0 aliphatic heterocycles. The number of aromatic nitrogens is 5. The van der Waals surface area contributed by atoms with E-state index < -0.39 is 0 Å². The van der Waals surface area contributed by atoms with E-state index in [1.807, 2.05) is 47.4 Å². The van der Waals surface area contributed by atoms with Gasteiger partial charge in [-0.1, -0.05) is 13.0 Å². The molecule has 3 aromatic heterocycles. The Labute approximate surface area is 145 Å². The average molecular weight is 333 g/mol. The molecule has 0 unspecified atom stereocenters. The van der Waals surface area contributed by atoms with Crippen LogP contribution in [0.2, 0.25) is 0 Å². The lowest BCUT2D eigenvalue weighted by Crippen LogP contribution is -2.05. The number of aryl methyl sites for hydroxylation is 1. The van der Waals surface area contributed by atoms with Crippen molar-refractivity contribution in [2.24, 2.45) is 0 Å². The van der Waals surface area contributed by atoms with E-state index in [9.17, 15) is 0 Å². The molecule has 3 heterocycles. The van der Waals surface area contributed by atoms with Crippen LogP contribution in [0, 0.1) is 0 Å². The van der Waals surface area contributed by atoms with Crippen LogP contribution in [-0.4, -0.2) is 31.2 Å². The number of pyridine rings is 1. The number of rotatable bonds is 5. The van der Waals surface area contributed by atoms with Crippen LogP contribution in [0.5, 0.6) is 5.75 Å². The van der Waals surface area contributed by atoms with E-state index in [-0.39, 0.29) is 0 Å². The lowest BCUT2D eigenvalue weighted by molar-refractivity contribution is 0.415. The molecule has 0 saturated heterocycles. The largest absolute Gasteiger partial charge is 0.497 e. The second-order valence-electron chi connectivity index (χ2n) is 5.79. The third-order valence-electron chi connectivity index (χ3n) is 4.17. The van der Waals surface area contributed by atoms with Gasteiger partial charge in [0, 0.05) is 49.0 Å². The molecule has 0 aliphatic rings. The van der Waals surface area contributed by atoms with Gasteiger partial charge >= 0.3 is 0 Å². The predicted octanol–water partition coefficient (Wildman–Crippen LogP) is 3.70. The van der Waals surface area contributed by atoms with E-state index in [1.165, 1.54) is 0 Å². The van der Waals surface area contributed by atoms with Crippen LogP contribution in [0.1, 0.15) is 13.3 Å². The van der Waals surface area contributed by atoms with Crippen molar-refractivity contribution in [1.29, 1.82) is 0 Å². The van der Waals surface area contributed by atoms with Crippen LogP contribution in [-0.2, 0) is 6.54 Å². The summed E-state index contributed by atoms with van der Waals surface area (Å²) in [7, 11) is 1.67. The highest BCUT2D eigenvalue weighted by molar-refractivity contribution is 5.88. The maximum Gasteiger partial charge on any atom is 0.181 e. The first-order chi connectivity index (χ1) is 12.3. The molecule has 0 N–H and O–H groups in total. The zero-order valence-corrected chi connectivity index (χ0v) is 14.3. The molecule has 0 atom stereocenters. The molecule has 126 valence electrons. The van der Waals surface area contributed by atoms with Crippen LogP contribution >= 0.6 is 0 Å². The van der Waals surface area contributed by atoms with Crippen LogP contribution in [0.4, 0.5) is 0 Å². The number of methoxy groups -OCH3 is 1. The molecule has 0 bridgehead atoms. The first-order valence-corrected chi connectivity index (χ1v) is 8.30. The van der Waals surface area contributed by atoms with Gasteiger partial charge in [-0.05, 0) is 18.6 Å². The third-order valence-corrected chi connectivity index (χ3v) is 4.17. The van der Waals surface area contributed by atoms with Crippen molar-refractivity contribution in [3.8, 4) is 23.1 Å². The number of benzene rings is 1. The van der Waals surface area contributed by atoms with Gasteiger partial charge in [-0.25, -0.2) is 9.97 Å². The van der Waals surface area contributed by atoms with Gasteiger partial charge in [-0.15, -0.1) is 0 Å². The Morgan fingerprint density at radius 3 is 2.68 bits per heavy atom. The lowest BCUT2D eigenvalue weighted by Gasteiger charge is -2.13. The summed E-state index contributed by atoms with van der Waals surface area (Å²) < 4.78 is 9.61. The van der Waals surface area contributed by atoms with E-state index in [4.69, 9.17) is 4.74 Å². The van der Waals surface area contributed by atoms with E-state index in [1.54, 1.807) is 19.5 Å². The molecule has 0 aliphatic carbocycles. The molecule has 25 heavy (non-hydrogen) atoms. The topological polar surface area (TPSA) is 57.8 Å². The molecular weight excluding hydrogens is 314 g/mol. The molecule has 0 saturated carbocycles. The first-order valence-electron chi connectivity index (χ1n) is 8.30. The molecule has 0 radical (unpaired) electrons. The smallest absolute Gasteiger partial charge is 0.181 e. The summed E-state index contributed by atoms with van der Waals surface area (Å²) in [4.78, 5) is 13.6. The van der Waals surface area contributed by atoms with Gasteiger partial charge in [-0.3, -0.25) is 9.55 Å². The monoisotopic (exact) mass is 333 g/mol. The molecule has 1 aromatic carbocycles. The van der Waals surface area contributed by atoms with Gasteiger partial charge in [0.2, 0.25) is 0 Å². The summed E-state index contributed by atoms with van der Waals surface area (Å²) in [6.45, 7) is 3.05.